The van der Waals surface area contributed by atoms with Crippen molar-refractivity contribution >= 4 is 11.8 Å². The van der Waals surface area contributed by atoms with Crippen molar-refractivity contribution in [3.8, 4) is 5.75 Å². The lowest BCUT2D eigenvalue weighted by molar-refractivity contribution is -0.139. The molecular weight excluding hydrogens is 280 g/mol. The molecule has 5 heteroatoms. The number of carbonyl (C=O) groups is 2. The summed E-state index contributed by atoms with van der Waals surface area (Å²) >= 11 is 0. The first kappa shape index (κ1) is 18.0. The number of nitrogens with zero attached hydrogens (tertiary/aromatic N) is 2. The summed E-state index contributed by atoms with van der Waals surface area (Å²) in [5.41, 5.74) is 1.08. The van der Waals surface area contributed by atoms with E-state index in [-0.39, 0.29) is 18.4 Å². The van der Waals surface area contributed by atoms with E-state index in [1.54, 1.807) is 19.1 Å². The zero-order valence-corrected chi connectivity index (χ0v) is 14.0. The fourth-order valence-electron chi connectivity index (χ4n) is 2.20. The van der Waals surface area contributed by atoms with Crippen molar-refractivity contribution in [1.29, 1.82) is 0 Å². The number of likely N-dealkylation sites (N-methyl/N-ethyl adjacent to an activating group) is 2. The molecule has 5 nitrogen and oxygen atoms in total. The SMILES string of the molecule is CCN(CC)C(=O)CN(C)C(=O)CCc1ccc(OC)cc1. The molecule has 0 saturated heterocycles. The predicted molar refractivity (Wildman–Crippen MR) is 86.9 cm³/mol. The number of hydrogen-bond donors (Lipinski definition) is 0. The first-order chi connectivity index (χ1) is 10.5. The van der Waals surface area contributed by atoms with Crippen LogP contribution in [0.4, 0.5) is 0 Å². The van der Waals surface area contributed by atoms with Gasteiger partial charge in [-0.1, -0.05) is 12.1 Å². The lowest BCUT2D eigenvalue weighted by atomic mass is 10.1. The maximum absolute atomic E-state index is 12.1. The first-order valence-corrected chi connectivity index (χ1v) is 7.66. The molecule has 1 aromatic carbocycles. The van der Waals surface area contributed by atoms with Crippen LogP contribution in [0, 0.1) is 0 Å². The van der Waals surface area contributed by atoms with Crippen molar-refractivity contribution in [1.82, 2.24) is 9.80 Å². The van der Waals surface area contributed by atoms with Crippen LogP contribution < -0.4 is 4.74 Å². The third-order valence-corrected chi connectivity index (χ3v) is 3.70. The Bertz CT molecular complexity index is 481. The number of methoxy groups -OCH3 is 1. The van der Waals surface area contributed by atoms with Gasteiger partial charge in [-0.25, -0.2) is 0 Å². The van der Waals surface area contributed by atoms with E-state index in [0.29, 0.717) is 25.9 Å². The second kappa shape index (κ2) is 9.07. The highest BCUT2D eigenvalue weighted by atomic mass is 16.5. The van der Waals surface area contributed by atoms with Crippen molar-refractivity contribution in [3.63, 3.8) is 0 Å². The molecule has 0 radical (unpaired) electrons. The summed E-state index contributed by atoms with van der Waals surface area (Å²) in [6, 6.07) is 7.67. The molecule has 0 spiro atoms. The van der Waals surface area contributed by atoms with Gasteiger partial charge in [0.2, 0.25) is 11.8 Å². The van der Waals surface area contributed by atoms with Gasteiger partial charge < -0.3 is 14.5 Å². The molecule has 0 fully saturated rings. The van der Waals surface area contributed by atoms with E-state index in [9.17, 15) is 9.59 Å². The van der Waals surface area contributed by atoms with E-state index < -0.39 is 0 Å². The summed E-state index contributed by atoms with van der Waals surface area (Å²) < 4.78 is 5.10. The van der Waals surface area contributed by atoms with Gasteiger partial charge in [-0.05, 0) is 38.0 Å². The molecule has 1 rings (SSSR count). The summed E-state index contributed by atoms with van der Waals surface area (Å²) in [4.78, 5) is 27.3. The minimum absolute atomic E-state index is 0.00898. The number of amides is 2. The van der Waals surface area contributed by atoms with Gasteiger partial charge in [0.15, 0.2) is 0 Å². The molecule has 22 heavy (non-hydrogen) atoms. The standard InChI is InChI=1S/C17H26N2O3/c1-5-19(6-2)17(21)13-18(3)16(20)12-9-14-7-10-15(22-4)11-8-14/h7-8,10-11H,5-6,9,12-13H2,1-4H3. The van der Waals surface area contributed by atoms with E-state index >= 15 is 0 Å². The van der Waals surface area contributed by atoms with Crippen molar-refractivity contribution in [3.05, 3.63) is 29.8 Å². The Balaban J connectivity index is 2.45. The number of carbonyl (C=O) groups excluding carboxylic acids is 2. The van der Waals surface area contributed by atoms with Gasteiger partial charge in [0.25, 0.3) is 0 Å². The smallest absolute Gasteiger partial charge is 0.242 e. The summed E-state index contributed by atoms with van der Waals surface area (Å²) in [6.45, 7) is 5.36. The van der Waals surface area contributed by atoms with Crippen molar-refractivity contribution in [2.24, 2.45) is 0 Å². The van der Waals surface area contributed by atoms with Gasteiger partial charge in [0, 0.05) is 26.6 Å². The summed E-state index contributed by atoms with van der Waals surface area (Å²) in [5.74, 6) is 0.777. The van der Waals surface area contributed by atoms with Gasteiger partial charge in [-0.3, -0.25) is 9.59 Å². The van der Waals surface area contributed by atoms with Gasteiger partial charge in [-0.2, -0.15) is 0 Å². The van der Waals surface area contributed by atoms with Crippen LogP contribution in [0.15, 0.2) is 24.3 Å². The van der Waals surface area contributed by atoms with E-state index in [1.807, 2.05) is 38.1 Å². The Morgan fingerprint density at radius 3 is 2.14 bits per heavy atom. The summed E-state index contributed by atoms with van der Waals surface area (Å²) in [7, 11) is 3.30. The molecule has 122 valence electrons. The maximum Gasteiger partial charge on any atom is 0.242 e. The number of benzene rings is 1. The van der Waals surface area contributed by atoms with Crippen molar-refractivity contribution in [2.75, 3.05) is 33.8 Å². The Kier molecular flexibility index (Phi) is 7.43. The lowest BCUT2D eigenvalue weighted by Gasteiger charge is -2.23. The quantitative estimate of drug-likeness (QED) is 0.737. The summed E-state index contributed by atoms with van der Waals surface area (Å²) in [6.07, 6.45) is 1.06. The molecule has 2 amide bonds. The molecule has 0 saturated carbocycles. The van der Waals surface area contributed by atoms with Crippen LogP contribution in [-0.2, 0) is 16.0 Å². The lowest BCUT2D eigenvalue weighted by Crippen LogP contribution is -2.41. The molecule has 0 aromatic heterocycles. The van der Waals surface area contributed by atoms with E-state index in [4.69, 9.17) is 4.74 Å². The fraction of sp³-hybridized carbons (Fsp3) is 0.529. The van der Waals surface area contributed by atoms with E-state index in [0.717, 1.165) is 11.3 Å². The maximum atomic E-state index is 12.1. The van der Waals surface area contributed by atoms with Crippen LogP contribution in [0.5, 0.6) is 5.75 Å². The average molecular weight is 306 g/mol. The second-order valence-corrected chi connectivity index (χ2v) is 5.16. The minimum Gasteiger partial charge on any atom is -0.497 e. The van der Waals surface area contributed by atoms with Crippen LogP contribution in [0.1, 0.15) is 25.8 Å². The van der Waals surface area contributed by atoms with Crippen LogP contribution in [0.3, 0.4) is 0 Å². The second-order valence-electron chi connectivity index (χ2n) is 5.16. The largest absolute Gasteiger partial charge is 0.497 e. The zero-order chi connectivity index (χ0) is 16.5. The topological polar surface area (TPSA) is 49.9 Å². The Labute approximate surface area is 132 Å². The number of ether oxygens (including phenoxy) is 1. The molecule has 0 heterocycles. The normalized spacial score (nSPS) is 10.2. The molecule has 0 aliphatic heterocycles. The average Bonchev–Trinajstić information content (AvgIpc) is 2.54. The van der Waals surface area contributed by atoms with E-state index in [1.165, 1.54) is 4.90 Å². The molecule has 0 bridgehead atoms. The highest BCUT2D eigenvalue weighted by molar-refractivity contribution is 5.84. The van der Waals surface area contributed by atoms with Gasteiger partial charge in [-0.15, -0.1) is 0 Å². The van der Waals surface area contributed by atoms with Gasteiger partial charge in [0.1, 0.15) is 5.75 Å². The highest BCUT2D eigenvalue weighted by Crippen LogP contribution is 2.13. The fourth-order valence-corrected chi connectivity index (χ4v) is 2.20. The third kappa shape index (κ3) is 5.39. The summed E-state index contributed by atoms with van der Waals surface area (Å²) in [5, 5.41) is 0. The van der Waals surface area contributed by atoms with Gasteiger partial charge in [0.05, 0.1) is 13.7 Å². The minimum atomic E-state index is -0.0173. The Morgan fingerprint density at radius 1 is 1.05 bits per heavy atom. The monoisotopic (exact) mass is 306 g/mol. The van der Waals surface area contributed by atoms with Crippen molar-refractivity contribution in [2.45, 2.75) is 26.7 Å². The van der Waals surface area contributed by atoms with Crippen molar-refractivity contribution < 1.29 is 14.3 Å². The first-order valence-electron chi connectivity index (χ1n) is 7.66. The van der Waals surface area contributed by atoms with E-state index in [2.05, 4.69) is 0 Å². The molecule has 0 aliphatic carbocycles. The Hall–Kier alpha value is -2.04. The van der Waals surface area contributed by atoms with Gasteiger partial charge >= 0.3 is 0 Å². The number of rotatable bonds is 8. The van der Waals surface area contributed by atoms with Crippen LogP contribution in [0.25, 0.3) is 0 Å². The molecule has 0 atom stereocenters. The molecule has 1 aromatic rings. The van der Waals surface area contributed by atoms with Crippen LogP contribution in [0.2, 0.25) is 0 Å². The number of aryl methyl sites for hydroxylation is 1. The Morgan fingerprint density at radius 2 is 1.64 bits per heavy atom. The molecule has 0 aliphatic rings. The van der Waals surface area contributed by atoms with Crippen LogP contribution in [-0.4, -0.2) is 55.4 Å². The molecule has 0 unspecified atom stereocenters. The zero-order valence-electron chi connectivity index (χ0n) is 14.0. The molecule has 0 N–H and O–H groups in total. The molecular formula is C17H26N2O3. The van der Waals surface area contributed by atoms with Crippen LogP contribution >= 0.6 is 0 Å². The third-order valence-electron chi connectivity index (χ3n) is 3.70. The highest BCUT2D eigenvalue weighted by Gasteiger charge is 2.16. The predicted octanol–water partition coefficient (Wildman–Crippen LogP) is 1.95. The number of hydrogen-bond acceptors (Lipinski definition) is 3.